The minimum absolute atomic E-state index is 0.206. The molecule has 1 heterocycles. The Morgan fingerprint density at radius 1 is 1.18 bits per heavy atom. The SMILES string of the molecule is O=C(CSc1cccc2cccc(Cl)c12)N1CCCNCC1. The highest BCUT2D eigenvalue weighted by atomic mass is 35.5. The third-order valence-corrected chi connectivity index (χ3v) is 5.22. The largest absolute Gasteiger partial charge is 0.341 e. The number of amides is 1. The van der Waals surface area contributed by atoms with Crippen LogP contribution in [0.25, 0.3) is 10.8 Å². The fourth-order valence-electron chi connectivity index (χ4n) is 2.71. The Bertz CT molecular complexity index is 664. The number of thioether (sulfide) groups is 1. The maximum Gasteiger partial charge on any atom is 0.232 e. The number of fused-ring (bicyclic) bond motifs is 1. The summed E-state index contributed by atoms with van der Waals surface area (Å²) in [4.78, 5) is 15.4. The number of benzene rings is 2. The van der Waals surface area contributed by atoms with E-state index in [0.29, 0.717) is 5.75 Å². The van der Waals surface area contributed by atoms with Crippen LogP contribution >= 0.6 is 23.4 Å². The van der Waals surface area contributed by atoms with Gasteiger partial charge in [0, 0.05) is 34.9 Å². The summed E-state index contributed by atoms with van der Waals surface area (Å²) in [5.74, 6) is 0.669. The van der Waals surface area contributed by atoms with Crippen LogP contribution in [0.5, 0.6) is 0 Å². The summed E-state index contributed by atoms with van der Waals surface area (Å²) in [7, 11) is 0. The summed E-state index contributed by atoms with van der Waals surface area (Å²) in [6, 6.07) is 12.0. The standard InChI is InChI=1S/C17H19ClN2OS/c18-14-6-1-4-13-5-2-7-15(17(13)14)22-12-16(21)20-10-3-8-19-9-11-20/h1-2,4-7,19H,3,8-12H2. The summed E-state index contributed by atoms with van der Waals surface area (Å²) in [5, 5.41) is 6.22. The van der Waals surface area contributed by atoms with Crippen LogP contribution in [0.4, 0.5) is 0 Å². The van der Waals surface area contributed by atoms with Gasteiger partial charge in [-0.05, 0) is 30.5 Å². The molecule has 0 atom stereocenters. The van der Waals surface area contributed by atoms with Crippen LogP contribution in [0.15, 0.2) is 41.3 Å². The molecule has 0 spiro atoms. The summed E-state index contributed by atoms with van der Waals surface area (Å²) in [5.41, 5.74) is 0. The van der Waals surface area contributed by atoms with Crippen molar-refractivity contribution in [3.8, 4) is 0 Å². The normalized spacial score (nSPS) is 15.8. The topological polar surface area (TPSA) is 32.3 Å². The molecule has 0 radical (unpaired) electrons. The quantitative estimate of drug-likeness (QED) is 0.873. The Labute approximate surface area is 140 Å². The molecule has 0 bridgehead atoms. The monoisotopic (exact) mass is 334 g/mol. The lowest BCUT2D eigenvalue weighted by Gasteiger charge is -2.19. The van der Waals surface area contributed by atoms with E-state index in [9.17, 15) is 4.79 Å². The molecular weight excluding hydrogens is 316 g/mol. The van der Waals surface area contributed by atoms with Crippen LogP contribution in [0.3, 0.4) is 0 Å². The van der Waals surface area contributed by atoms with Gasteiger partial charge in [-0.1, -0.05) is 35.9 Å². The Hall–Kier alpha value is -1.23. The van der Waals surface area contributed by atoms with Crippen molar-refractivity contribution in [1.29, 1.82) is 0 Å². The maximum absolute atomic E-state index is 12.4. The first-order valence-electron chi connectivity index (χ1n) is 7.54. The van der Waals surface area contributed by atoms with Crippen molar-refractivity contribution in [3.63, 3.8) is 0 Å². The molecule has 0 unspecified atom stereocenters. The van der Waals surface area contributed by atoms with Gasteiger partial charge in [0.05, 0.1) is 5.75 Å². The minimum atomic E-state index is 0.206. The van der Waals surface area contributed by atoms with E-state index in [1.165, 1.54) is 0 Å². The Morgan fingerprint density at radius 3 is 2.86 bits per heavy atom. The summed E-state index contributed by atoms with van der Waals surface area (Å²) in [6.07, 6.45) is 1.02. The molecule has 0 aromatic heterocycles. The molecule has 5 heteroatoms. The number of carbonyl (C=O) groups excluding carboxylic acids is 1. The smallest absolute Gasteiger partial charge is 0.232 e. The van der Waals surface area contributed by atoms with Crippen molar-refractivity contribution >= 4 is 40.0 Å². The fraction of sp³-hybridized carbons (Fsp3) is 0.353. The van der Waals surface area contributed by atoms with Crippen molar-refractivity contribution in [2.75, 3.05) is 31.9 Å². The fourth-order valence-corrected chi connectivity index (χ4v) is 4.06. The van der Waals surface area contributed by atoms with Gasteiger partial charge < -0.3 is 10.2 Å². The Kier molecular flexibility index (Phi) is 5.24. The number of nitrogens with one attached hydrogen (secondary N) is 1. The Balaban J connectivity index is 1.72. The third-order valence-electron chi connectivity index (χ3n) is 3.86. The Morgan fingerprint density at radius 2 is 2.00 bits per heavy atom. The second-order valence-electron chi connectivity index (χ2n) is 5.37. The molecule has 2 aromatic rings. The lowest BCUT2D eigenvalue weighted by Crippen LogP contribution is -2.35. The molecular formula is C17H19ClN2OS. The number of hydrogen-bond acceptors (Lipinski definition) is 3. The molecule has 3 rings (SSSR count). The van der Waals surface area contributed by atoms with E-state index < -0.39 is 0 Å². The molecule has 2 aromatic carbocycles. The summed E-state index contributed by atoms with van der Waals surface area (Å²) in [6.45, 7) is 3.53. The van der Waals surface area contributed by atoms with Crippen molar-refractivity contribution in [1.82, 2.24) is 10.2 Å². The first kappa shape index (κ1) is 15.7. The van der Waals surface area contributed by atoms with Crippen LogP contribution in [0.1, 0.15) is 6.42 Å². The average Bonchev–Trinajstić information content (AvgIpc) is 2.82. The minimum Gasteiger partial charge on any atom is -0.341 e. The van der Waals surface area contributed by atoms with Crippen LogP contribution in [0.2, 0.25) is 5.02 Å². The summed E-state index contributed by atoms with van der Waals surface area (Å²) >= 11 is 7.91. The molecule has 1 aliphatic rings. The summed E-state index contributed by atoms with van der Waals surface area (Å²) < 4.78 is 0. The number of carbonyl (C=O) groups is 1. The highest BCUT2D eigenvalue weighted by Gasteiger charge is 2.16. The number of rotatable bonds is 3. The van der Waals surface area contributed by atoms with Gasteiger partial charge >= 0.3 is 0 Å². The lowest BCUT2D eigenvalue weighted by molar-refractivity contribution is -0.128. The van der Waals surface area contributed by atoms with E-state index in [2.05, 4.69) is 5.32 Å². The second kappa shape index (κ2) is 7.36. The van der Waals surface area contributed by atoms with Gasteiger partial charge in [-0.15, -0.1) is 11.8 Å². The average molecular weight is 335 g/mol. The first-order chi connectivity index (χ1) is 10.8. The third kappa shape index (κ3) is 3.57. The highest BCUT2D eigenvalue weighted by Crippen LogP contribution is 2.33. The van der Waals surface area contributed by atoms with Crippen LogP contribution in [0, 0.1) is 0 Å². The van der Waals surface area contributed by atoms with Crippen molar-refractivity contribution in [2.45, 2.75) is 11.3 Å². The predicted octanol–water partition coefficient (Wildman–Crippen LogP) is 3.41. The van der Waals surface area contributed by atoms with Gasteiger partial charge in [-0.3, -0.25) is 4.79 Å². The molecule has 1 fully saturated rings. The van der Waals surface area contributed by atoms with Gasteiger partial charge in [0.25, 0.3) is 0 Å². The molecule has 1 N–H and O–H groups in total. The van der Waals surface area contributed by atoms with Gasteiger partial charge in [0.1, 0.15) is 0 Å². The predicted molar refractivity (Wildman–Crippen MR) is 93.7 cm³/mol. The van der Waals surface area contributed by atoms with Crippen molar-refractivity contribution in [3.05, 3.63) is 41.4 Å². The van der Waals surface area contributed by atoms with Crippen LogP contribution < -0.4 is 5.32 Å². The van der Waals surface area contributed by atoms with Gasteiger partial charge in [0.15, 0.2) is 0 Å². The zero-order valence-corrected chi connectivity index (χ0v) is 13.9. The van der Waals surface area contributed by atoms with E-state index in [0.717, 1.165) is 53.3 Å². The molecule has 1 amide bonds. The van der Waals surface area contributed by atoms with E-state index in [1.807, 2.05) is 41.3 Å². The zero-order valence-electron chi connectivity index (χ0n) is 12.3. The molecule has 0 aliphatic carbocycles. The lowest BCUT2D eigenvalue weighted by atomic mass is 10.1. The second-order valence-corrected chi connectivity index (χ2v) is 6.79. The molecule has 1 saturated heterocycles. The van der Waals surface area contributed by atoms with Gasteiger partial charge in [-0.25, -0.2) is 0 Å². The van der Waals surface area contributed by atoms with Crippen LogP contribution in [-0.4, -0.2) is 42.7 Å². The number of nitrogens with zero attached hydrogens (tertiary/aromatic N) is 1. The zero-order chi connectivity index (χ0) is 15.4. The molecule has 116 valence electrons. The molecule has 1 aliphatic heterocycles. The van der Waals surface area contributed by atoms with E-state index in [-0.39, 0.29) is 5.91 Å². The molecule has 0 saturated carbocycles. The van der Waals surface area contributed by atoms with Crippen LogP contribution in [-0.2, 0) is 4.79 Å². The van der Waals surface area contributed by atoms with Gasteiger partial charge in [0.2, 0.25) is 5.91 Å². The number of halogens is 1. The maximum atomic E-state index is 12.4. The van der Waals surface area contributed by atoms with Crippen molar-refractivity contribution in [2.24, 2.45) is 0 Å². The first-order valence-corrected chi connectivity index (χ1v) is 8.90. The highest BCUT2D eigenvalue weighted by molar-refractivity contribution is 8.00. The molecule has 3 nitrogen and oxygen atoms in total. The molecule has 22 heavy (non-hydrogen) atoms. The van der Waals surface area contributed by atoms with E-state index in [1.54, 1.807) is 11.8 Å². The van der Waals surface area contributed by atoms with Crippen molar-refractivity contribution < 1.29 is 4.79 Å². The van der Waals surface area contributed by atoms with E-state index in [4.69, 9.17) is 11.6 Å². The van der Waals surface area contributed by atoms with E-state index >= 15 is 0 Å². The number of hydrogen-bond donors (Lipinski definition) is 1. The van der Waals surface area contributed by atoms with Gasteiger partial charge in [-0.2, -0.15) is 0 Å².